The number of carbonyl (C=O) groups is 1. The summed E-state index contributed by atoms with van der Waals surface area (Å²) in [5, 5.41) is 6.19. The van der Waals surface area contributed by atoms with Crippen LogP contribution in [-0.2, 0) is 4.74 Å². The number of urea groups is 1. The highest BCUT2D eigenvalue weighted by atomic mass is 32.1. The van der Waals surface area contributed by atoms with E-state index in [2.05, 4.69) is 20.6 Å². The van der Waals surface area contributed by atoms with Gasteiger partial charge in [-0.1, -0.05) is 23.5 Å². The van der Waals surface area contributed by atoms with Crippen LogP contribution >= 0.6 is 11.3 Å². The van der Waals surface area contributed by atoms with Gasteiger partial charge in [0.15, 0.2) is 5.13 Å². The molecule has 0 radical (unpaired) electrons. The number of hydrogen-bond donors (Lipinski definition) is 2. The maximum atomic E-state index is 13.1. The zero-order chi connectivity index (χ0) is 26.0. The summed E-state index contributed by atoms with van der Waals surface area (Å²) >= 11 is 1.31. The van der Waals surface area contributed by atoms with Gasteiger partial charge in [-0.3, -0.25) is 5.32 Å². The van der Waals surface area contributed by atoms with Crippen LogP contribution in [0.4, 0.5) is 28.8 Å². The van der Waals surface area contributed by atoms with E-state index in [0.717, 1.165) is 48.3 Å². The first-order valence-electron chi connectivity index (χ1n) is 12.1. The van der Waals surface area contributed by atoms with E-state index in [1.807, 2.05) is 11.0 Å². The number of pyridine rings is 1. The largest absolute Gasteiger partial charge is 0.479 e. The summed E-state index contributed by atoms with van der Waals surface area (Å²) in [7, 11) is 1.50. The summed E-state index contributed by atoms with van der Waals surface area (Å²) in [6.45, 7) is 2.66. The van der Waals surface area contributed by atoms with E-state index in [-0.39, 0.29) is 18.0 Å². The number of nitrogens with zero attached hydrogens (tertiary/aromatic N) is 3. The lowest BCUT2D eigenvalue weighted by atomic mass is 9.80. The van der Waals surface area contributed by atoms with Gasteiger partial charge in [0, 0.05) is 50.3 Å². The molecule has 2 aliphatic rings. The van der Waals surface area contributed by atoms with Crippen molar-refractivity contribution < 1.29 is 27.4 Å². The quantitative estimate of drug-likeness (QED) is 0.417. The molecule has 2 fully saturated rings. The van der Waals surface area contributed by atoms with Crippen LogP contribution in [0.2, 0.25) is 0 Å². The summed E-state index contributed by atoms with van der Waals surface area (Å²) in [6.07, 6.45) is -0.591. The number of carbonyl (C=O) groups excluding carboxylic acids is 1. The number of thiazole rings is 1. The van der Waals surface area contributed by atoms with Gasteiger partial charge < -0.3 is 19.7 Å². The molecule has 1 aromatic carbocycles. The van der Waals surface area contributed by atoms with E-state index in [0.29, 0.717) is 35.3 Å². The fourth-order valence-electron chi connectivity index (χ4n) is 4.94. The van der Waals surface area contributed by atoms with Crippen LogP contribution in [0.25, 0.3) is 21.3 Å². The Balaban J connectivity index is 1.36. The zero-order valence-electron chi connectivity index (χ0n) is 20.4. The van der Waals surface area contributed by atoms with Gasteiger partial charge >= 0.3 is 12.2 Å². The second-order valence-electron chi connectivity index (χ2n) is 9.46. The van der Waals surface area contributed by atoms with Crippen molar-refractivity contribution in [2.75, 3.05) is 50.6 Å². The number of alkyl halides is 3. The highest BCUT2D eigenvalue weighted by Gasteiger charge is 2.41. The zero-order valence-corrected chi connectivity index (χ0v) is 21.2. The molecule has 37 heavy (non-hydrogen) atoms. The van der Waals surface area contributed by atoms with E-state index in [4.69, 9.17) is 9.47 Å². The van der Waals surface area contributed by atoms with E-state index in [1.165, 1.54) is 18.4 Å². The minimum atomic E-state index is -4.22. The van der Waals surface area contributed by atoms with E-state index < -0.39 is 12.6 Å². The number of likely N-dealkylation sites (tertiary alicyclic amines) is 1. The minimum absolute atomic E-state index is 0.142. The smallest absolute Gasteiger partial charge is 0.390 e. The summed E-state index contributed by atoms with van der Waals surface area (Å²) in [5.41, 5.74) is 2.73. The van der Waals surface area contributed by atoms with Crippen molar-refractivity contribution in [3.8, 4) is 17.0 Å². The van der Waals surface area contributed by atoms with Crippen LogP contribution in [0, 0.1) is 5.41 Å². The molecule has 5 rings (SSSR count). The molecule has 8 nitrogen and oxygen atoms in total. The molecule has 2 aliphatic heterocycles. The number of benzene rings is 1. The number of amides is 2. The number of methoxy groups -OCH3 is 1. The SMILES string of the molecule is COc1ncc(-c2cccc(NCCC(F)(F)F)c2)c2sc(NC(=O)N3CCC4(CCOCC4)C3)nc12. The third-order valence-corrected chi connectivity index (χ3v) is 7.99. The van der Waals surface area contributed by atoms with Gasteiger partial charge in [-0.25, -0.2) is 14.8 Å². The van der Waals surface area contributed by atoms with Crippen molar-refractivity contribution >= 4 is 38.4 Å². The summed E-state index contributed by atoms with van der Waals surface area (Å²) in [5.74, 6) is 0.331. The maximum absolute atomic E-state index is 13.1. The molecule has 0 atom stereocenters. The van der Waals surface area contributed by atoms with Crippen LogP contribution in [0.5, 0.6) is 5.88 Å². The van der Waals surface area contributed by atoms with Gasteiger partial charge in [0.25, 0.3) is 0 Å². The lowest BCUT2D eigenvalue weighted by Gasteiger charge is -2.33. The Morgan fingerprint density at radius 1 is 1.27 bits per heavy atom. The Kier molecular flexibility index (Phi) is 7.13. The molecule has 0 bridgehead atoms. The third kappa shape index (κ3) is 5.74. The number of anilines is 2. The van der Waals surface area contributed by atoms with Crippen LogP contribution in [-0.4, -0.2) is 67.0 Å². The number of aromatic nitrogens is 2. The average Bonchev–Trinajstić information content (AvgIpc) is 3.48. The van der Waals surface area contributed by atoms with Crippen LogP contribution in [0.3, 0.4) is 0 Å². The lowest BCUT2D eigenvalue weighted by Crippen LogP contribution is -2.37. The Morgan fingerprint density at radius 2 is 2.08 bits per heavy atom. The molecule has 2 saturated heterocycles. The van der Waals surface area contributed by atoms with Crippen molar-refractivity contribution in [2.45, 2.75) is 31.9 Å². The van der Waals surface area contributed by atoms with Crippen molar-refractivity contribution in [1.82, 2.24) is 14.9 Å². The van der Waals surface area contributed by atoms with Crippen LogP contribution in [0.15, 0.2) is 30.5 Å². The highest BCUT2D eigenvalue weighted by molar-refractivity contribution is 7.23. The highest BCUT2D eigenvalue weighted by Crippen LogP contribution is 2.41. The van der Waals surface area contributed by atoms with Gasteiger partial charge in [-0.15, -0.1) is 0 Å². The molecule has 12 heteroatoms. The molecule has 3 aromatic rings. The van der Waals surface area contributed by atoms with Crippen molar-refractivity contribution in [2.24, 2.45) is 5.41 Å². The fraction of sp³-hybridized carbons (Fsp3) is 0.480. The van der Waals surface area contributed by atoms with Gasteiger partial charge in [-0.05, 0) is 42.4 Å². The van der Waals surface area contributed by atoms with Crippen LogP contribution in [0.1, 0.15) is 25.7 Å². The monoisotopic (exact) mass is 535 g/mol. The summed E-state index contributed by atoms with van der Waals surface area (Å²) in [4.78, 5) is 23.9. The molecule has 198 valence electrons. The minimum Gasteiger partial charge on any atom is -0.479 e. The first-order chi connectivity index (χ1) is 17.8. The van der Waals surface area contributed by atoms with Crippen molar-refractivity contribution in [1.29, 1.82) is 0 Å². The van der Waals surface area contributed by atoms with Crippen molar-refractivity contribution in [3.63, 3.8) is 0 Å². The third-order valence-electron chi connectivity index (χ3n) is 6.98. The molecular formula is C25H28F3N5O3S. The molecule has 1 spiro atoms. The predicted molar refractivity (Wildman–Crippen MR) is 136 cm³/mol. The molecule has 2 aromatic heterocycles. The maximum Gasteiger partial charge on any atom is 0.390 e. The number of ether oxygens (including phenoxy) is 2. The van der Waals surface area contributed by atoms with Gasteiger partial charge in [0.2, 0.25) is 5.88 Å². The van der Waals surface area contributed by atoms with Gasteiger partial charge in [0.1, 0.15) is 5.52 Å². The number of hydrogen-bond acceptors (Lipinski definition) is 7. The fourth-order valence-corrected chi connectivity index (χ4v) is 5.91. The summed E-state index contributed by atoms with van der Waals surface area (Å²) in [6, 6.07) is 6.92. The second kappa shape index (κ2) is 10.3. The topological polar surface area (TPSA) is 88.6 Å². The Morgan fingerprint density at radius 3 is 2.84 bits per heavy atom. The average molecular weight is 536 g/mol. The standard InChI is InChI=1S/C25H28F3N5O3S/c1-35-21-19-20(18(14-30-21)16-3-2-4-17(13-16)29-9-5-25(26,27)28)37-22(31-19)32-23(34)33-10-6-24(15-33)7-11-36-12-8-24/h2-4,13-14,29H,5-12,15H2,1H3,(H,31,32,34). The van der Waals surface area contributed by atoms with E-state index in [1.54, 1.807) is 24.4 Å². The number of nitrogens with one attached hydrogen (secondary N) is 2. The normalized spacial score (nSPS) is 17.4. The van der Waals surface area contributed by atoms with Gasteiger partial charge in [0.05, 0.1) is 18.2 Å². The van der Waals surface area contributed by atoms with Gasteiger partial charge in [-0.2, -0.15) is 13.2 Å². The predicted octanol–water partition coefficient (Wildman–Crippen LogP) is 5.77. The molecule has 2 N–H and O–H groups in total. The molecule has 0 unspecified atom stereocenters. The Labute approximate surface area is 216 Å². The molecule has 2 amide bonds. The van der Waals surface area contributed by atoms with E-state index in [9.17, 15) is 18.0 Å². The van der Waals surface area contributed by atoms with E-state index >= 15 is 0 Å². The molecule has 0 saturated carbocycles. The summed E-state index contributed by atoms with van der Waals surface area (Å²) < 4.78 is 49.2. The first kappa shape index (κ1) is 25.5. The molecular weight excluding hydrogens is 507 g/mol. The van der Waals surface area contributed by atoms with Crippen molar-refractivity contribution in [3.05, 3.63) is 30.5 Å². The number of fused-ring (bicyclic) bond motifs is 1. The number of rotatable bonds is 6. The molecule has 0 aliphatic carbocycles. The second-order valence-corrected chi connectivity index (χ2v) is 10.5. The Bertz CT molecular complexity index is 1280. The Hall–Kier alpha value is -3.12. The lowest BCUT2D eigenvalue weighted by molar-refractivity contribution is -0.131. The van der Waals surface area contributed by atoms with Crippen LogP contribution < -0.4 is 15.4 Å². The first-order valence-corrected chi connectivity index (χ1v) is 13.0. The number of halogens is 3. The molecule has 4 heterocycles.